The van der Waals surface area contributed by atoms with E-state index < -0.39 is 0 Å². The summed E-state index contributed by atoms with van der Waals surface area (Å²) in [7, 11) is 3.36. The molecule has 1 aliphatic heterocycles. The Bertz CT molecular complexity index is 899. The van der Waals surface area contributed by atoms with Crippen molar-refractivity contribution in [2.45, 2.75) is 19.0 Å². The van der Waals surface area contributed by atoms with Gasteiger partial charge in [-0.3, -0.25) is 4.99 Å². The van der Waals surface area contributed by atoms with Crippen LogP contribution in [0.2, 0.25) is 0 Å². The number of benzene rings is 2. The predicted octanol–water partition coefficient (Wildman–Crippen LogP) is 3.27. The van der Waals surface area contributed by atoms with Gasteiger partial charge in [0.25, 0.3) is 0 Å². The van der Waals surface area contributed by atoms with Gasteiger partial charge in [0, 0.05) is 38.3 Å². The van der Waals surface area contributed by atoms with Crippen LogP contribution in [0.1, 0.15) is 17.5 Å². The fraction of sp³-hybridized carbons (Fsp3) is 0.333. The summed E-state index contributed by atoms with van der Waals surface area (Å²) < 4.78 is 19.4. The van der Waals surface area contributed by atoms with Crippen LogP contribution in [0.4, 0.5) is 10.1 Å². The molecule has 8 heteroatoms. The zero-order valence-electron chi connectivity index (χ0n) is 16.5. The Morgan fingerprint density at radius 3 is 2.86 bits per heavy atom. The van der Waals surface area contributed by atoms with Gasteiger partial charge in [0.1, 0.15) is 11.6 Å². The Labute approximate surface area is 187 Å². The lowest BCUT2D eigenvalue weighted by atomic mass is 10.1. The number of halogens is 2. The van der Waals surface area contributed by atoms with Crippen molar-refractivity contribution in [3.05, 3.63) is 59.4 Å². The van der Waals surface area contributed by atoms with E-state index in [0.717, 1.165) is 30.9 Å². The first-order valence-corrected chi connectivity index (χ1v) is 9.18. The maximum Gasteiger partial charge on any atom is 0.191 e. The quantitative estimate of drug-likeness (QED) is 0.368. The van der Waals surface area contributed by atoms with Crippen LogP contribution >= 0.6 is 24.0 Å². The van der Waals surface area contributed by atoms with Crippen LogP contribution in [-0.4, -0.2) is 39.2 Å². The number of rotatable bonds is 5. The molecule has 2 aromatic rings. The maximum atomic E-state index is 13.9. The van der Waals surface area contributed by atoms with Crippen molar-refractivity contribution in [1.29, 1.82) is 5.26 Å². The van der Waals surface area contributed by atoms with Gasteiger partial charge in [-0.1, -0.05) is 12.1 Å². The van der Waals surface area contributed by atoms with E-state index in [4.69, 9.17) is 10.00 Å². The van der Waals surface area contributed by atoms with E-state index in [0.29, 0.717) is 17.1 Å². The van der Waals surface area contributed by atoms with E-state index in [2.05, 4.69) is 26.6 Å². The Kier molecular flexibility index (Phi) is 8.51. The number of methoxy groups -OCH3 is 1. The van der Waals surface area contributed by atoms with Crippen molar-refractivity contribution >= 4 is 35.6 Å². The standard InChI is InChI=1S/C21H24FN5O.HI/c1-24-21(25-13-16-11-15(12-23)7-8-18(16)22)26-17-9-10-27(14-17)19-5-3-4-6-20(19)28-2;/h3-8,11,17H,9-10,13-14H2,1-2H3,(H2,24,25,26);1H. The SMILES string of the molecule is CN=C(NCc1cc(C#N)ccc1F)NC1CCN(c2ccccc2OC)C1.I. The second-order valence-corrected chi connectivity index (χ2v) is 6.59. The summed E-state index contributed by atoms with van der Waals surface area (Å²) in [6.07, 6.45) is 0.955. The molecule has 0 aromatic heterocycles. The van der Waals surface area contributed by atoms with Crippen molar-refractivity contribution < 1.29 is 9.13 Å². The summed E-state index contributed by atoms with van der Waals surface area (Å²) in [5, 5.41) is 15.5. The number of anilines is 1. The van der Waals surface area contributed by atoms with Crippen molar-refractivity contribution in [3.8, 4) is 11.8 Å². The van der Waals surface area contributed by atoms with Crippen molar-refractivity contribution in [3.63, 3.8) is 0 Å². The summed E-state index contributed by atoms with van der Waals surface area (Å²) in [6.45, 7) is 1.98. The molecule has 1 fully saturated rings. The third-order valence-electron chi connectivity index (χ3n) is 4.80. The highest BCUT2D eigenvalue weighted by atomic mass is 127. The van der Waals surface area contributed by atoms with E-state index in [1.165, 1.54) is 12.1 Å². The Morgan fingerprint density at radius 2 is 2.14 bits per heavy atom. The number of guanidine groups is 1. The lowest BCUT2D eigenvalue weighted by Gasteiger charge is -2.22. The first-order chi connectivity index (χ1) is 13.6. The largest absolute Gasteiger partial charge is 0.495 e. The molecule has 0 bridgehead atoms. The first kappa shape index (κ1) is 22.7. The van der Waals surface area contributed by atoms with Gasteiger partial charge in [0.05, 0.1) is 24.4 Å². The highest BCUT2D eigenvalue weighted by Gasteiger charge is 2.25. The number of aliphatic imine (C=N–C) groups is 1. The van der Waals surface area contributed by atoms with Gasteiger partial charge in [0.15, 0.2) is 5.96 Å². The van der Waals surface area contributed by atoms with Crippen LogP contribution in [0.3, 0.4) is 0 Å². The average Bonchev–Trinajstić information content (AvgIpc) is 3.20. The molecule has 3 rings (SSSR count). The summed E-state index contributed by atoms with van der Waals surface area (Å²) in [5.41, 5.74) is 1.95. The number of nitrogens with one attached hydrogen (secondary N) is 2. The predicted molar refractivity (Wildman–Crippen MR) is 123 cm³/mol. The summed E-state index contributed by atoms with van der Waals surface area (Å²) in [4.78, 5) is 6.51. The van der Waals surface area contributed by atoms with Crippen LogP contribution < -0.4 is 20.3 Å². The molecule has 1 heterocycles. The lowest BCUT2D eigenvalue weighted by Crippen LogP contribution is -2.44. The minimum absolute atomic E-state index is 0. The summed E-state index contributed by atoms with van der Waals surface area (Å²) in [5.74, 6) is 1.12. The second-order valence-electron chi connectivity index (χ2n) is 6.59. The monoisotopic (exact) mass is 509 g/mol. The highest BCUT2D eigenvalue weighted by molar-refractivity contribution is 14.0. The maximum absolute atomic E-state index is 13.9. The molecule has 154 valence electrons. The fourth-order valence-corrected chi connectivity index (χ4v) is 3.33. The molecule has 6 nitrogen and oxygen atoms in total. The molecule has 1 unspecified atom stereocenters. The third kappa shape index (κ3) is 5.73. The number of hydrogen-bond acceptors (Lipinski definition) is 4. The number of hydrogen-bond donors (Lipinski definition) is 2. The Hall–Kier alpha value is -2.54. The minimum Gasteiger partial charge on any atom is -0.495 e. The number of nitrogens with zero attached hydrogens (tertiary/aromatic N) is 3. The molecule has 2 N–H and O–H groups in total. The summed E-state index contributed by atoms with van der Waals surface area (Å²) in [6, 6.07) is 14.6. The van der Waals surface area contributed by atoms with Gasteiger partial charge in [0.2, 0.25) is 0 Å². The van der Waals surface area contributed by atoms with E-state index >= 15 is 0 Å². The molecule has 0 amide bonds. The highest BCUT2D eigenvalue weighted by Crippen LogP contribution is 2.30. The van der Waals surface area contributed by atoms with Gasteiger partial charge < -0.3 is 20.3 Å². The molecule has 1 atom stereocenters. The molecule has 1 saturated heterocycles. The minimum atomic E-state index is -0.342. The average molecular weight is 509 g/mol. The van der Waals surface area contributed by atoms with Gasteiger partial charge in [-0.15, -0.1) is 24.0 Å². The number of nitriles is 1. The van der Waals surface area contributed by atoms with Crippen LogP contribution in [0.15, 0.2) is 47.5 Å². The Balaban J connectivity index is 0.00000300. The second kappa shape index (κ2) is 10.9. The van der Waals surface area contributed by atoms with E-state index in [1.807, 2.05) is 24.3 Å². The molecule has 2 aromatic carbocycles. The third-order valence-corrected chi connectivity index (χ3v) is 4.80. The Morgan fingerprint density at radius 1 is 1.34 bits per heavy atom. The van der Waals surface area contributed by atoms with Gasteiger partial charge in [-0.2, -0.15) is 5.26 Å². The zero-order valence-corrected chi connectivity index (χ0v) is 18.8. The van der Waals surface area contributed by atoms with Crippen molar-refractivity contribution in [2.24, 2.45) is 4.99 Å². The summed E-state index contributed by atoms with van der Waals surface area (Å²) >= 11 is 0. The molecule has 1 aliphatic rings. The smallest absolute Gasteiger partial charge is 0.191 e. The van der Waals surface area contributed by atoms with E-state index in [9.17, 15) is 4.39 Å². The topological polar surface area (TPSA) is 72.7 Å². The molecular weight excluding hydrogens is 484 g/mol. The van der Waals surface area contributed by atoms with Crippen LogP contribution in [-0.2, 0) is 6.54 Å². The van der Waals surface area contributed by atoms with Crippen LogP contribution in [0.5, 0.6) is 5.75 Å². The van der Waals surface area contributed by atoms with Crippen molar-refractivity contribution in [1.82, 2.24) is 10.6 Å². The molecule has 0 radical (unpaired) electrons. The number of para-hydroxylation sites is 2. The number of ether oxygens (including phenoxy) is 1. The van der Waals surface area contributed by atoms with Crippen molar-refractivity contribution in [2.75, 3.05) is 32.1 Å². The van der Waals surface area contributed by atoms with Crippen LogP contribution in [0.25, 0.3) is 0 Å². The molecule has 0 spiro atoms. The normalized spacial score (nSPS) is 16.0. The molecule has 0 aliphatic carbocycles. The lowest BCUT2D eigenvalue weighted by molar-refractivity contribution is 0.415. The molecule has 29 heavy (non-hydrogen) atoms. The molecular formula is C21H25FIN5O. The molecule has 0 saturated carbocycles. The van der Waals surface area contributed by atoms with Gasteiger partial charge in [-0.25, -0.2) is 4.39 Å². The van der Waals surface area contributed by atoms with Crippen LogP contribution in [0, 0.1) is 17.1 Å². The zero-order chi connectivity index (χ0) is 19.9. The first-order valence-electron chi connectivity index (χ1n) is 9.18. The van der Waals surface area contributed by atoms with E-state index in [1.54, 1.807) is 20.2 Å². The fourth-order valence-electron chi connectivity index (χ4n) is 3.33. The van der Waals surface area contributed by atoms with Gasteiger partial charge in [-0.05, 0) is 36.8 Å². The van der Waals surface area contributed by atoms with Gasteiger partial charge >= 0.3 is 0 Å². The van der Waals surface area contributed by atoms with E-state index in [-0.39, 0.29) is 42.4 Å².